The number of aromatic nitrogens is 4. The summed E-state index contributed by atoms with van der Waals surface area (Å²) in [5.41, 5.74) is 3.27. The Morgan fingerprint density at radius 1 is 1.08 bits per heavy atom. The molecule has 0 aliphatic carbocycles. The van der Waals surface area contributed by atoms with E-state index in [2.05, 4.69) is 20.2 Å². The van der Waals surface area contributed by atoms with E-state index in [0.29, 0.717) is 12.2 Å². The van der Waals surface area contributed by atoms with Gasteiger partial charge in [-0.3, -0.25) is 9.89 Å². The van der Waals surface area contributed by atoms with Gasteiger partial charge in [0.25, 0.3) is 5.91 Å². The van der Waals surface area contributed by atoms with Gasteiger partial charge in [-0.2, -0.15) is 5.10 Å². The number of para-hydroxylation sites is 1. The third-order valence-electron chi connectivity index (χ3n) is 4.12. The second kappa shape index (κ2) is 6.24. The molecule has 2 N–H and O–H groups in total. The van der Waals surface area contributed by atoms with Crippen molar-refractivity contribution in [3.8, 4) is 11.3 Å². The van der Waals surface area contributed by atoms with E-state index < -0.39 is 0 Å². The van der Waals surface area contributed by atoms with Crippen LogP contribution in [-0.2, 0) is 6.54 Å². The van der Waals surface area contributed by atoms with Crippen molar-refractivity contribution in [1.82, 2.24) is 25.1 Å². The van der Waals surface area contributed by atoms with Crippen molar-refractivity contribution in [2.24, 2.45) is 0 Å². The molecule has 0 aliphatic rings. The van der Waals surface area contributed by atoms with Crippen LogP contribution >= 0.6 is 0 Å². The Kier molecular flexibility index (Phi) is 3.78. The first kappa shape index (κ1) is 15.1. The van der Waals surface area contributed by atoms with Crippen molar-refractivity contribution < 1.29 is 4.79 Å². The fourth-order valence-corrected chi connectivity index (χ4v) is 2.81. The molecule has 25 heavy (non-hydrogen) atoms. The molecule has 0 radical (unpaired) electrons. The van der Waals surface area contributed by atoms with Gasteiger partial charge in [-0.15, -0.1) is 0 Å². The number of hydrogen-bond acceptors (Lipinski definition) is 3. The summed E-state index contributed by atoms with van der Waals surface area (Å²) in [4.78, 5) is 22.0. The highest BCUT2D eigenvalue weighted by molar-refractivity contribution is 6.04. The molecule has 0 fully saturated rings. The van der Waals surface area contributed by atoms with E-state index in [-0.39, 0.29) is 5.91 Å². The van der Waals surface area contributed by atoms with Crippen LogP contribution in [0.4, 0.5) is 0 Å². The van der Waals surface area contributed by atoms with Crippen molar-refractivity contribution in [2.45, 2.75) is 6.54 Å². The van der Waals surface area contributed by atoms with Crippen molar-refractivity contribution in [3.05, 3.63) is 72.3 Å². The summed E-state index contributed by atoms with van der Waals surface area (Å²) < 4.78 is 0. The number of carbonyl (C=O) groups is 1. The van der Waals surface area contributed by atoms with Gasteiger partial charge >= 0.3 is 0 Å². The SMILES string of the molecule is CN(Cc1ncc(-c2ccccc2)[nH]1)C(=O)c1n[nH]c2ccccc12. The number of aromatic amines is 2. The Bertz CT molecular complexity index is 1020. The number of H-pyrrole nitrogens is 2. The highest BCUT2D eigenvalue weighted by Crippen LogP contribution is 2.19. The molecular weight excluding hydrogens is 314 g/mol. The Labute approximate surface area is 144 Å². The molecular formula is C19H17N5O. The summed E-state index contributed by atoms with van der Waals surface area (Å²) in [5, 5.41) is 7.88. The largest absolute Gasteiger partial charge is 0.341 e. The van der Waals surface area contributed by atoms with E-state index in [1.54, 1.807) is 18.1 Å². The molecule has 124 valence electrons. The molecule has 6 nitrogen and oxygen atoms in total. The number of amides is 1. The molecule has 0 saturated carbocycles. The topological polar surface area (TPSA) is 77.7 Å². The number of nitrogens with zero attached hydrogens (tertiary/aromatic N) is 3. The highest BCUT2D eigenvalue weighted by Gasteiger charge is 2.19. The lowest BCUT2D eigenvalue weighted by atomic mass is 10.2. The van der Waals surface area contributed by atoms with Gasteiger partial charge in [0, 0.05) is 12.4 Å². The molecule has 0 saturated heterocycles. The molecule has 4 rings (SSSR count). The van der Waals surface area contributed by atoms with Gasteiger partial charge in [0.1, 0.15) is 5.82 Å². The zero-order chi connectivity index (χ0) is 17.2. The predicted octanol–water partition coefficient (Wildman–Crippen LogP) is 3.23. The Hall–Kier alpha value is -3.41. The van der Waals surface area contributed by atoms with Crippen LogP contribution in [0.5, 0.6) is 0 Å². The van der Waals surface area contributed by atoms with E-state index in [0.717, 1.165) is 28.0 Å². The van der Waals surface area contributed by atoms with Crippen LogP contribution in [0.2, 0.25) is 0 Å². The first-order valence-electron chi connectivity index (χ1n) is 8.00. The van der Waals surface area contributed by atoms with Crippen LogP contribution in [0.1, 0.15) is 16.3 Å². The quantitative estimate of drug-likeness (QED) is 0.603. The van der Waals surface area contributed by atoms with Crippen LogP contribution in [-0.4, -0.2) is 38.0 Å². The van der Waals surface area contributed by atoms with E-state index in [9.17, 15) is 4.79 Å². The summed E-state index contributed by atoms with van der Waals surface area (Å²) in [6.45, 7) is 0.382. The van der Waals surface area contributed by atoms with Gasteiger partial charge in [0.15, 0.2) is 5.69 Å². The monoisotopic (exact) mass is 331 g/mol. The number of hydrogen-bond donors (Lipinski definition) is 2. The van der Waals surface area contributed by atoms with Gasteiger partial charge in [0.05, 0.1) is 24.0 Å². The number of benzene rings is 2. The molecule has 4 aromatic rings. The molecule has 0 spiro atoms. The van der Waals surface area contributed by atoms with E-state index in [1.807, 2.05) is 54.6 Å². The summed E-state index contributed by atoms with van der Waals surface area (Å²) in [6.07, 6.45) is 1.78. The van der Waals surface area contributed by atoms with Crippen molar-refractivity contribution >= 4 is 16.8 Å². The maximum atomic E-state index is 12.7. The zero-order valence-electron chi connectivity index (χ0n) is 13.7. The van der Waals surface area contributed by atoms with Crippen LogP contribution in [0.15, 0.2) is 60.8 Å². The van der Waals surface area contributed by atoms with E-state index >= 15 is 0 Å². The van der Waals surface area contributed by atoms with Crippen molar-refractivity contribution in [1.29, 1.82) is 0 Å². The highest BCUT2D eigenvalue weighted by atomic mass is 16.2. The molecule has 1 amide bonds. The third kappa shape index (κ3) is 2.89. The van der Waals surface area contributed by atoms with Gasteiger partial charge in [-0.05, 0) is 11.6 Å². The van der Waals surface area contributed by atoms with Crippen LogP contribution < -0.4 is 0 Å². The average Bonchev–Trinajstić information content (AvgIpc) is 3.29. The second-order valence-electron chi connectivity index (χ2n) is 5.89. The second-order valence-corrected chi connectivity index (χ2v) is 5.89. The van der Waals surface area contributed by atoms with Gasteiger partial charge < -0.3 is 9.88 Å². The number of fused-ring (bicyclic) bond motifs is 1. The predicted molar refractivity (Wildman–Crippen MR) is 95.9 cm³/mol. The fraction of sp³-hybridized carbons (Fsp3) is 0.105. The zero-order valence-corrected chi connectivity index (χ0v) is 13.7. The third-order valence-corrected chi connectivity index (χ3v) is 4.12. The molecule has 0 atom stereocenters. The average molecular weight is 331 g/mol. The smallest absolute Gasteiger partial charge is 0.275 e. The first-order chi connectivity index (χ1) is 12.2. The lowest BCUT2D eigenvalue weighted by Crippen LogP contribution is -2.27. The summed E-state index contributed by atoms with van der Waals surface area (Å²) in [7, 11) is 1.75. The Balaban J connectivity index is 1.53. The molecule has 2 heterocycles. The first-order valence-corrected chi connectivity index (χ1v) is 8.00. The molecule has 2 aromatic heterocycles. The van der Waals surface area contributed by atoms with Crippen LogP contribution in [0.3, 0.4) is 0 Å². The Morgan fingerprint density at radius 2 is 1.84 bits per heavy atom. The van der Waals surface area contributed by atoms with Crippen molar-refractivity contribution in [3.63, 3.8) is 0 Å². The molecule has 0 aliphatic heterocycles. The molecule has 0 unspecified atom stereocenters. The van der Waals surface area contributed by atoms with Gasteiger partial charge in [-0.1, -0.05) is 48.5 Å². The van der Waals surface area contributed by atoms with Gasteiger partial charge in [-0.25, -0.2) is 4.98 Å². The van der Waals surface area contributed by atoms with E-state index in [4.69, 9.17) is 0 Å². The number of nitrogens with one attached hydrogen (secondary N) is 2. The summed E-state index contributed by atoms with van der Waals surface area (Å²) >= 11 is 0. The maximum absolute atomic E-state index is 12.7. The molecule has 2 aromatic carbocycles. The lowest BCUT2D eigenvalue weighted by molar-refractivity contribution is 0.0778. The minimum atomic E-state index is -0.143. The van der Waals surface area contributed by atoms with Crippen LogP contribution in [0, 0.1) is 0 Å². The Morgan fingerprint density at radius 3 is 2.68 bits per heavy atom. The number of carbonyl (C=O) groups excluding carboxylic acids is 1. The number of imidazole rings is 1. The molecule has 0 bridgehead atoms. The lowest BCUT2D eigenvalue weighted by Gasteiger charge is -2.14. The van der Waals surface area contributed by atoms with E-state index in [1.165, 1.54) is 0 Å². The van der Waals surface area contributed by atoms with Gasteiger partial charge in [0.2, 0.25) is 0 Å². The minimum Gasteiger partial charge on any atom is -0.341 e. The van der Waals surface area contributed by atoms with Crippen LogP contribution in [0.25, 0.3) is 22.2 Å². The molecule has 6 heteroatoms. The fourth-order valence-electron chi connectivity index (χ4n) is 2.81. The summed E-state index contributed by atoms with van der Waals surface area (Å²) in [6, 6.07) is 17.6. The number of rotatable bonds is 4. The minimum absolute atomic E-state index is 0.143. The standard InChI is InChI=1S/C19H17N5O/c1-24(19(25)18-14-9-5-6-10-15(14)22-23-18)12-17-20-11-16(21-17)13-7-3-2-4-8-13/h2-11H,12H2,1H3,(H,20,21)(H,22,23). The maximum Gasteiger partial charge on any atom is 0.275 e. The normalized spacial score (nSPS) is 10.9. The summed E-state index contributed by atoms with van der Waals surface area (Å²) in [5.74, 6) is 0.588. The van der Waals surface area contributed by atoms with Crippen molar-refractivity contribution in [2.75, 3.05) is 7.05 Å².